The highest BCUT2D eigenvalue weighted by atomic mass is 79.9. The number of carbonyl (C=O) groups is 1. The molecule has 1 aliphatic heterocycles. The smallest absolute Gasteiger partial charge is 0.367 e. The molecule has 1 heterocycles. The molecule has 0 unspecified atom stereocenters. The summed E-state index contributed by atoms with van der Waals surface area (Å²) in [5.74, 6) is 0.0525. The lowest BCUT2D eigenvalue weighted by molar-refractivity contribution is -0.136. The summed E-state index contributed by atoms with van der Waals surface area (Å²) < 4.78 is 25.5. The van der Waals surface area contributed by atoms with E-state index in [1.54, 1.807) is 43.3 Å². The Hall–Kier alpha value is -2.67. The molecule has 0 bridgehead atoms. The fraction of sp³-hybridized carbons (Fsp3) is 0.158. The van der Waals surface area contributed by atoms with Crippen molar-refractivity contribution in [3.8, 4) is 11.5 Å². The van der Waals surface area contributed by atoms with Gasteiger partial charge in [-0.25, -0.2) is 9.18 Å². The van der Waals surface area contributed by atoms with Crippen molar-refractivity contribution in [3.63, 3.8) is 0 Å². The molecule has 0 amide bonds. The molecule has 0 saturated heterocycles. The molecule has 7 heteroatoms. The van der Waals surface area contributed by atoms with Crippen LogP contribution in [0.25, 0.3) is 6.08 Å². The third-order valence-electron chi connectivity index (χ3n) is 3.77. The van der Waals surface area contributed by atoms with E-state index in [2.05, 4.69) is 25.9 Å². The molecule has 2 aromatic rings. The van der Waals surface area contributed by atoms with Gasteiger partial charge in [0.2, 0.25) is 0 Å². The molecule has 2 aromatic carbocycles. The predicted octanol–water partition coefficient (Wildman–Crippen LogP) is 4.49. The topological polar surface area (TPSA) is 57.1 Å². The number of benzene rings is 2. The molecule has 0 aromatic heterocycles. The molecule has 0 spiro atoms. The van der Waals surface area contributed by atoms with Crippen molar-refractivity contribution in [2.75, 3.05) is 7.11 Å². The van der Waals surface area contributed by atoms with Crippen molar-refractivity contribution in [3.05, 3.63) is 63.4 Å². The normalized spacial score (nSPS) is 15.0. The second-order valence-corrected chi connectivity index (χ2v) is 6.38. The summed E-state index contributed by atoms with van der Waals surface area (Å²) in [6.07, 6.45) is 1.65. The van der Waals surface area contributed by atoms with Gasteiger partial charge in [-0.2, -0.15) is 0 Å². The number of hydrogen-bond donors (Lipinski definition) is 0. The van der Waals surface area contributed by atoms with Crippen LogP contribution in [0.5, 0.6) is 11.5 Å². The number of methoxy groups -OCH3 is 1. The van der Waals surface area contributed by atoms with Crippen LogP contribution in [0.4, 0.5) is 4.39 Å². The Balaban J connectivity index is 1.88. The molecule has 1 aliphatic rings. The number of oxime groups is 1. The van der Waals surface area contributed by atoms with E-state index in [0.717, 1.165) is 0 Å². The molecule has 0 N–H and O–H groups in total. The molecule has 0 atom stereocenters. The van der Waals surface area contributed by atoms with Crippen LogP contribution >= 0.6 is 15.9 Å². The predicted molar refractivity (Wildman–Crippen MR) is 98.6 cm³/mol. The zero-order valence-electron chi connectivity index (χ0n) is 14.1. The van der Waals surface area contributed by atoms with Crippen molar-refractivity contribution in [1.29, 1.82) is 0 Å². The number of hydrogen-bond acceptors (Lipinski definition) is 5. The molecule has 0 fully saturated rings. The Morgan fingerprint density at radius 2 is 2.08 bits per heavy atom. The van der Waals surface area contributed by atoms with Crippen LogP contribution in [0.3, 0.4) is 0 Å². The number of halogens is 2. The standard InChI is InChI=1S/C19H15BrFNO4/c1-11-14(19(23)26-22-11)7-12-8-15(20)18(17(9-12)24-2)25-10-13-5-3-4-6-16(13)21/h3-9H,10H2,1-2H3. The first-order valence-electron chi connectivity index (χ1n) is 7.71. The van der Waals surface area contributed by atoms with Gasteiger partial charge in [0.25, 0.3) is 0 Å². The summed E-state index contributed by atoms with van der Waals surface area (Å²) in [5, 5.41) is 3.64. The molecule has 134 valence electrons. The maximum atomic E-state index is 13.8. The first-order valence-corrected chi connectivity index (χ1v) is 8.50. The molecular formula is C19H15BrFNO4. The van der Waals surface area contributed by atoms with E-state index < -0.39 is 5.97 Å². The van der Waals surface area contributed by atoms with Gasteiger partial charge in [-0.1, -0.05) is 23.4 Å². The van der Waals surface area contributed by atoms with Crippen LogP contribution in [0.1, 0.15) is 18.1 Å². The Labute approximate surface area is 158 Å². The van der Waals surface area contributed by atoms with Crippen molar-refractivity contribution in [1.82, 2.24) is 0 Å². The van der Waals surface area contributed by atoms with Gasteiger partial charge < -0.3 is 14.3 Å². The molecule has 0 saturated carbocycles. The van der Waals surface area contributed by atoms with Crippen LogP contribution < -0.4 is 9.47 Å². The summed E-state index contributed by atoms with van der Waals surface area (Å²) in [4.78, 5) is 16.3. The number of nitrogens with zero attached hydrogens (tertiary/aromatic N) is 1. The van der Waals surface area contributed by atoms with E-state index in [4.69, 9.17) is 9.47 Å². The van der Waals surface area contributed by atoms with Gasteiger partial charge in [-0.15, -0.1) is 0 Å². The number of ether oxygens (including phenoxy) is 2. The largest absolute Gasteiger partial charge is 0.493 e. The molecule has 3 rings (SSSR count). The third-order valence-corrected chi connectivity index (χ3v) is 4.36. The highest BCUT2D eigenvalue weighted by Gasteiger charge is 2.22. The second kappa shape index (κ2) is 7.70. The lowest BCUT2D eigenvalue weighted by Crippen LogP contribution is -2.03. The zero-order chi connectivity index (χ0) is 18.7. The van der Waals surface area contributed by atoms with E-state index >= 15 is 0 Å². The Bertz CT molecular complexity index is 924. The van der Waals surface area contributed by atoms with Crippen LogP contribution in [0.2, 0.25) is 0 Å². The Kier molecular flexibility index (Phi) is 5.37. The van der Waals surface area contributed by atoms with Crippen LogP contribution in [-0.2, 0) is 16.2 Å². The quantitative estimate of drug-likeness (QED) is 0.529. The first kappa shape index (κ1) is 18.1. The fourth-order valence-corrected chi connectivity index (χ4v) is 2.99. The van der Waals surface area contributed by atoms with E-state index in [1.165, 1.54) is 13.2 Å². The van der Waals surface area contributed by atoms with Gasteiger partial charge in [0.1, 0.15) is 12.4 Å². The first-order chi connectivity index (χ1) is 12.5. The van der Waals surface area contributed by atoms with Crippen molar-refractivity contribution in [2.24, 2.45) is 5.16 Å². The van der Waals surface area contributed by atoms with Crippen LogP contribution in [0, 0.1) is 5.82 Å². The monoisotopic (exact) mass is 419 g/mol. The summed E-state index contributed by atoms with van der Waals surface area (Å²) in [6.45, 7) is 1.75. The average molecular weight is 420 g/mol. The molecule has 26 heavy (non-hydrogen) atoms. The second-order valence-electron chi connectivity index (χ2n) is 5.53. The van der Waals surface area contributed by atoms with Gasteiger partial charge in [0.05, 0.1) is 22.9 Å². The van der Waals surface area contributed by atoms with Gasteiger partial charge >= 0.3 is 5.97 Å². The minimum atomic E-state index is -0.502. The number of carbonyl (C=O) groups excluding carboxylic acids is 1. The maximum Gasteiger partial charge on any atom is 0.367 e. The van der Waals surface area contributed by atoms with Crippen LogP contribution in [-0.4, -0.2) is 18.8 Å². The summed E-state index contributed by atoms with van der Waals surface area (Å²) in [6, 6.07) is 9.89. The van der Waals surface area contributed by atoms with Crippen molar-refractivity contribution >= 4 is 33.7 Å². The van der Waals surface area contributed by atoms with Gasteiger partial charge in [0.15, 0.2) is 11.5 Å². The third kappa shape index (κ3) is 3.77. The summed E-state index contributed by atoms with van der Waals surface area (Å²) in [7, 11) is 1.51. The molecular weight excluding hydrogens is 405 g/mol. The minimum absolute atomic E-state index is 0.0557. The van der Waals surface area contributed by atoms with Gasteiger partial charge in [-0.3, -0.25) is 0 Å². The van der Waals surface area contributed by atoms with E-state index in [9.17, 15) is 9.18 Å². The highest BCUT2D eigenvalue weighted by Crippen LogP contribution is 2.38. The summed E-state index contributed by atoms with van der Waals surface area (Å²) in [5.41, 5.74) is 2.02. The molecule has 0 radical (unpaired) electrons. The minimum Gasteiger partial charge on any atom is -0.493 e. The maximum absolute atomic E-state index is 13.8. The number of rotatable bonds is 5. The molecule has 0 aliphatic carbocycles. The lowest BCUT2D eigenvalue weighted by atomic mass is 10.1. The SMILES string of the molecule is COc1cc(C=C2C(=O)ON=C2C)cc(Br)c1OCc1ccccc1F. The van der Waals surface area contributed by atoms with Crippen LogP contribution in [0.15, 0.2) is 51.6 Å². The highest BCUT2D eigenvalue weighted by molar-refractivity contribution is 9.10. The Morgan fingerprint density at radius 1 is 1.31 bits per heavy atom. The zero-order valence-corrected chi connectivity index (χ0v) is 15.7. The van der Waals surface area contributed by atoms with E-state index in [-0.39, 0.29) is 12.4 Å². The van der Waals surface area contributed by atoms with Crippen molar-refractivity contribution in [2.45, 2.75) is 13.5 Å². The van der Waals surface area contributed by atoms with Gasteiger partial charge in [-0.05, 0) is 52.7 Å². The van der Waals surface area contributed by atoms with E-state index in [0.29, 0.717) is 38.4 Å². The average Bonchev–Trinajstić information content (AvgIpc) is 2.93. The lowest BCUT2D eigenvalue weighted by Gasteiger charge is -2.14. The molecule has 5 nitrogen and oxygen atoms in total. The Morgan fingerprint density at radius 3 is 2.73 bits per heavy atom. The van der Waals surface area contributed by atoms with Gasteiger partial charge in [0, 0.05) is 5.56 Å². The fourth-order valence-electron chi connectivity index (χ4n) is 2.41. The van der Waals surface area contributed by atoms with E-state index in [1.807, 2.05) is 0 Å². The van der Waals surface area contributed by atoms with Crippen molar-refractivity contribution < 1.29 is 23.5 Å². The summed E-state index contributed by atoms with van der Waals surface area (Å²) >= 11 is 3.44.